The van der Waals surface area contributed by atoms with Crippen molar-refractivity contribution in [1.82, 2.24) is 4.57 Å². The van der Waals surface area contributed by atoms with Gasteiger partial charge in [-0.3, -0.25) is 4.79 Å². The van der Waals surface area contributed by atoms with Crippen molar-refractivity contribution in [3.05, 3.63) is 82.8 Å². The number of hydrogen-bond donors (Lipinski definition) is 1. The fourth-order valence-electron chi connectivity index (χ4n) is 6.27. The molecule has 5 rings (SSSR count). The molecule has 2 aliphatic rings. The zero-order valence-electron chi connectivity index (χ0n) is 22.9. The summed E-state index contributed by atoms with van der Waals surface area (Å²) in [6.45, 7) is 9.60. The molecule has 0 radical (unpaired) electrons. The number of para-hydroxylation sites is 2. The van der Waals surface area contributed by atoms with Crippen molar-refractivity contribution in [2.45, 2.75) is 78.2 Å². The Bertz CT molecular complexity index is 1480. The second-order valence-electron chi connectivity index (χ2n) is 11.1. The molecule has 2 aromatic carbocycles. The maximum atomic E-state index is 13.6. The van der Waals surface area contributed by atoms with Crippen molar-refractivity contribution in [2.75, 3.05) is 7.05 Å². The molecule has 0 bridgehead atoms. The number of carbonyl (C=O) groups is 1. The number of benzene rings is 2. The van der Waals surface area contributed by atoms with Gasteiger partial charge in [-0.05, 0) is 33.3 Å². The number of aryl methyl sites for hydroxylation is 1. The van der Waals surface area contributed by atoms with Gasteiger partial charge in [-0.2, -0.15) is 4.58 Å². The van der Waals surface area contributed by atoms with E-state index in [4.69, 9.17) is 0 Å². The van der Waals surface area contributed by atoms with Crippen molar-refractivity contribution in [1.29, 1.82) is 0 Å². The first-order chi connectivity index (χ1) is 17.8. The summed E-state index contributed by atoms with van der Waals surface area (Å²) >= 11 is 0. The molecule has 0 spiro atoms. The Kier molecular flexibility index (Phi) is 6.70. The van der Waals surface area contributed by atoms with Crippen molar-refractivity contribution in [3.8, 4) is 0 Å². The molecule has 2 heterocycles. The molecule has 37 heavy (non-hydrogen) atoms. The molecule has 1 N–H and O–H groups in total. The summed E-state index contributed by atoms with van der Waals surface area (Å²) in [6.07, 6.45) is 9.36. The number of ketones is 1. The van der Waals surface area contributed by atoms with Crippen LogP contribution in [0.1, 0.15) is 76.1 Å². The van der Waals surface area contributed by atoms with Crippen molar-refractivity contribution in [2.24, 2.45) is 0 Å². The van der Waals surface area contributed by atoms with E-state index in [1.54, 1.807) is 0 Å². The molecule has 0 unspecified atom stereocenters. The Morgan fingerprint density at radius 2 is 1.65 bits per heavy atom. The topological polar surface area (TPSA) is 45.2 Å². The number of hydrogen-bond acceptors (Lipinski definition) is 2. The van der Waals surface area contributed by atoms with Gasteiger partial charge in [-0.25, -0.2) is 0 Å². The van der Waals surface area contributed by atoms with Crippen LogP contribution in [-0.4, -0.2) is 32.8 Å². The van der Waals surface area contributed by atoms with E-state index in [1.807, 2.05) is 25.3 Å². The number of unbranched alkanes of at least 4 members (excludes halogenated alkanes) is 5. The van der Waals surface area contributed by atoms with E-state index >= 15 is 0 Å². The van der Waals surface area contributed by atoms with Crippen LogP contribution in [0.3, 0.4) is 0 Å². The summed E-state index contributed by atoms with van der Waals surface area (Å²) in [5.74, 6) is 0.0407. The fourth-order valence-corrected chi connectivity index (χ4v) is 6.27. The number of carbonyl (C=O) groups excluding carboxylic acids is 1. The van der Waals surface area contributed by atoms with E-state index in [0.717, 1.165) is 46.5 Å². The highest BCUT2D eigenvalue weighted by Crippen LogP contribution is 2.44. The maximum absolute atomic E-state index is 13.6. The Morgan fingerprint density at radius 1 is 0.973 bits per heavy atom. The number of aliphatic hydroxyl groups is 1. The van der Waals surface area contributed by atoms with Crippen LogP contribution in [0.5, 0.6) is 0 Å². The zero-order chi connectivity index (χ0) is 26.3. The predicted molar refractivity (Wildman–Crippen MR) is 153 cm³/mol. The number of fused-ring (bicyclic) bond motifs is 2. The number of nitrogens with zero attached hydrogens (tertiary/aromatic N) is 2. The van der Waals surface area contributed by atoms with Crippen LogP contribution in [0.15, 0.2) is 65.9 Å². The molecular weight excluding hydrogens is 456 g/mol. The second-order valence-corrected chi connectivity index (χ2v) is 11.1. The summed E-state index contributed by atoms with van der Waals surface area (Å²) in [7, 11) is 2.03. The largest absolute Gasteiger partial charge is 0.506 e. The minimum atomic E-state index is -0.252. The molecule has 0 amide bonds. The van der Waals surface area contributed by atoms with Gasteiger partial charge in [0.1, 0.15) is 12.8 Å². The number of aromatic nitrogens is 1. The smallest absolute Gasteiger partial charge is 0.209 e. The summed E-state index contributed by atoms with van der Waals surface area (Å²) in [5, 5.41) is 12.3. The molecule has 0 atom stereocenters. The van der Waals surface area contributed by atoms with Gasteiger partial charge in [-0.1, -0.05) is 75.4 Å². The highest BCUT2D eigenvalue weighted by molar-refractivity contribution is 6.41. The van der Waals surface area contributed by atoms with E-state index < -0.39 is 0 Å². The number of Topliss-reactive ketones (excluding diaryl/α,β-unsaturated/α-hetero) is 1. The molecule has 192 valence electrons. The van der Waals surface area contributed by atoms with Crippen LogP contribution in [0.2, 0.25) is 0 Å². The number of aliphatic hydroxyl groups excluding tert-OH is 1. The fraction of sp³-hybridized carbons (Fsp3) is 0.394. The molecular formula is C33H39N2O2+. The molecule has 0 fully saturated rings. The van der Waals surface area contributed by atoms with Crippen LogP contribution in [-0.2, 0) is 16.8 Å². The van der Waals surface area contributed by atoms with Crippen molar-refractivity contribution < 1.29 is 14.5 Å². The highest BCUT2D eigenvalue weighted by Gasteiger charge is 2.45. The molecule has 1 aliphatic heterocycles. The normalized spacial score (nSPS) is 17.8. The standard InChI is InChI=1S/C33H38N2O2/c1-6-7-8-9-10-15-20-35-22(2)29(23-16-11-13-18-26(23)35)30-31(36)24(32(30)37)21-28-33(3,4)25-17-12-14-19-27(25)34(28)5/h11-14,16-19,21H,6-10,15,20H2,1-5H3/p+1. The third kappa shape index (κ3) is 4.07. The van der Waals surface area contributed by atoms with Crippen LogP contribution >= 0.6 is 0 Å². The Balaban J connectivity index is 1.49. The van der Waals surface area contributed by atoms with E-state index in [2.05, 4.69) is 73.2 Å². The van der Waals surface area contributed by atoms with Crippen LogP contribution in [0.25, 0.3) is 16.5 Å². The van der Waals surface area contributed by atoms with Crippen molar-refractivity contribution >= 4 is 33.7 Å². The monoisotopic (exact) mass is 495 g/mol. The number of rotatable bonds is 9. The minimum absolute atomic E-state index is 0.0734. The van der Waals surface area contributed by atoms with Gasteiger partial charge in [0.2, 0.25) is 11.5 Å². The zero-order valence-corrected chi connectivity index (χ0v) is 22.9. The quantitative estimate of drug-likeness (QED) is 0.187. The van der Waals surface area contributed by atoms with Gasteiger partial charge in [-0.15, -0.1) is 0 Å². The first-order valence-electron chi connectivity index (χ1n) is 13.8. The lowest BCUT2D eigenvalue weighted by molar-refractivity contribution is -0.401. The Hall–Kier alpha value is -3.40. The van der Waals surface area contributed by atoms with E-state index in [1.165, 1.54) is 37.7 Å². The third-order valence-corrected chi connectivity index (χ3v) is 8.40. The van der Waals surface area contributed by atoms with Gasteiger partial charge in [0.25, 0.3) is 0 Å². The van der Waals surface area contributed by atoms with Gasteiger partial charge in [0.05, 0.1) is 16.6 Å². The molecule has 1 aromatic heterocycles. The molecule has 0 saturated heterocycles. The van der Waals surface area contributed by atoms with E-state index in [-0.39, 0.29) is 17.0 Å². The average molecular weight is 496 g/mol. The van der Waals surface area contributed by atoms with Crippen LogP contribution in [0, 0.1) is 6.92 Å². The third-order valence-electron chi connectivity index (χ3n) is 8.40. The molecule has 0 saturated carbocycles. The molecule has 4 nitrogen and oxygen atoms in total. The van der Waals surface area contributed by atoms with Gasteiger partial charge < -0.3 is 9.67 Å². The highest BCUT2D eigenvalue weighted by atomic mass is 16.3. The molecule has 1 aliphatic carbocycles. The second kappa shape index (κ2) is 9.81. The average Bonchev–Trinajstić information content (AvgIpc) is 3.27. The van der Waals surface area contributed by atoms with Gasteiger partial charge in [0, 0.05) is 46.4 Å². The lowest BCUT2D eigenvalue weighted by atomic mass is 9.77. The SMILES string of the molecule is CCCCCCCCn1c(C)c(C2=C(O)C(=CC3=[N+](C)c4ccccc4C3(C)C)C2=O)c2ccccc21. The van der Waals surface area contributed by atoms with Gasteiger partial charge in [0.15, 0.2) is 5.71 Å². The summed E-state index contributed by atoms with van der Waals surface area (Å²) < 4.78 is 4.47. The molecule has 4 heteroatoms. The summed E-state index contributed by atoms with van der Waals surface area (Å²) in [4.78, 5) is 13.6. The Labute approximate surface area is 220 Å². The summed E-state index contributed by atoms with van der Waals surface area (Å²) in [5.41, 5.74) is 7.08. The number of allylic oxidation sites excluding steroid dienone is 3. The first-order valence-corrected chi connectivity index (χ1v) is 13.8. The maximum Gasteiger partial charge on any atom is 0.209 e. The van der Waals surface area contributed by atoms with E-state index in [0.29, 0.717) is 11.1 Å². The van der Waals surface area contributed by atoms with Crippen LogP contribution < -0.4 is 0 Å². The van der Waals surface area contributed by atoms with Crippen LogP contribution in [0.4, 0.5) is 5.69 Å². The van der Waals surface area contributed by atoms with E-state index in [9.17, 15) is 9.90 Å². The first kappa shape index (κ1) is 25.3. The molecule has 3 aromatic rings. The van der Waals surface area contributed by atoms with Gasteiger partial charge >= 0.3 is 0 Å². The minimum Gasteiger partial charge on any atom is -0.506 e. The Morgan fingerprint density at radius 3 is 2.38 bits per heavy atom. The van der Waals surface area contributed by atoms with Crippen molar-refractivity contribution in [3.63, 3.8) is 0 Å². The predicted octanol–water partition coefficient (Wildman–Crippen LogP) is 7.79. The lowest BCUT2D eigenvalue weighted by Crippen LogP contribution is -2.30. The summed E-state index contributed by atoms with van der Waals surface area (Å²) in [6, 6.07) is 16.6. The lowest BCUT2D eigenvalue weighted by Gasteiger charge is -2.23.